The number of rotatable bonds is 8. The largest absolute Gasteiger partial charge is 0.480 e. The first-order valence-electron chi connectivity index (χ1n) is 5.46. The van der Waals surface area contributed by atoms with E-state index >= 15 is 0 Å². The van der Waals surface area contributed by atoms with E-state index in [1.54, 1.807) is 0 Å². The first-order chi connectivity index (χ1) is 7.97. The Morgan fingerprint density at radius 1 is 1.24 bits per heavy atom. The van der Waals surface area contributed by atoms with Crippen molar-refractivity contribution in [3.63, 3.8) is 0 Å². The molecule has 0 aromatic carbocycles. The molecule has 0 aliphatic carbocycles. The van der Waals surface area contributed by atoms with Gasteiger partial charge in [-0.25, -0.2) is 0 Å². The van der Waals surface area contributed by atoms with Crippen molar-refractivity contribution in [2.75, 3.05) is 13.1 Å². The van der Waals surface area contributed by atoms with Gasteiger partial charge in [-0.3, -0.25) is 14.4 Å². The number of aliphatic carboxylic acids is 1. The average Bonchev–Trinajstić information content (AvgIpc) is 2.26. The number of unbranched alkanes of at least 4 members (excludes halogenated alkanes) is 1. The van der Waals surface area contributed by atoms with E-state index < -0.39 is 17.9 Å². The third-order valence-electron chi connectivity index (χ3n) is 2.05. The second kappa shape index (κ2) is 8.51. The Balaban J connectivity index is 3.69. The lowest BCUT2D eigenvalue weighted by molar-refractivity contribution is -0.141. The Kier molecular flexibility index (Phi) is 7.70. The summed E-state index contributed by atoms with van der Waals surface area (Å²) in [4.78, 5) is 32.8. The molecule has 0 fully saturated rings. The van der Waals surface area contributed by atoms with Crippen LogP contribution in [0.1, 0.15) is 26.2 Å². The Hall–Kier alpha value is -1.63. The topological polar surface area (TPSA) is 122 Å². The number of amides is 2. The first-order valence-corrected chi connectivity index (χ1v) is 5.46. The molecule has 0 saturated carbocycles. The highest BCUT2D eigenvalue weighted by Crippen LogP contribution is 1.92. The Labute approximate surface area is 99.7 Å². The smallest absolute Gasteiger partial charge is 0.325 e. The van der Waals surface area contributed by atoms with Crippen molar-refractivity contribution in [3.8, 4) is 0 Å². The van der Waals surface area contributed by atoms with Gasteiger partial charge in [0.1, 0.15) is 6.04 Å². The van der Waals surface area contributed by atoms with Crippen molar-refractivity contribution in [3.05, 3.63) is 0 Å². The van der Waals surface area contributed by atoms with Gasteiger partial charge in [-0.15, -0.1) is 0 Å². The monoisotopic (exact) mass is 245 g/mol. The maximum atomic E-state index is 11.2. The van der Waals surface area contributed by atoms with Crippen molar-refractivity contribution < 1.29 is 19.5 Å². The highest BCUT2D eigenvalue weighted by atomic mass is 16.4. The minimum Gasteiger partial charge on any atom is -0.480 e. The number of carbonyl (C=O) groups is 3. The highest BCUT2D eigenvalue weighted by molar-refractivity contribution is 5.87. The van der Waals surface area contributed by atoms with Crippen LogP contribution in [0.3, 0.4) is 0 Å². The summed E-state index contributed by atoms with van der Waals surface area (Å²) in [6.45, 7) is 1.67. The Bertz CT molecular complexity index is 281. The maximum absolute atomic E-state index is 11.2. The van der Waals surface area contributed by atoms with Gasteiger partial charge in [0, 0.05) is 6.42 Å². The lowest BCUT2D eigenvalue weighted by atomic mass is 10.2. The summed E-state index contributed by atoms with van der Waals surface area (Å²) in [5.41, 5.74) is 5.27. The van der Waals surface area contributed by atoms with Gasteiger partial charge in [-0.1, -0.05) is 0 Å². The molecule has 98 valence electrons. The second-order valence-corrected chi connectivity index (χ2v) is 3.65. The number of nitrogens with one attached hydrogen (secondary N) is 2. The van der Waals surface area contributed by atoms with Gasteiger partial charge in [0.15, 0.2) is 0 Å². The lowest BCUT2D eigenvalue weighted by Crippen LogP contribution is -2.43. The number of hydrogen-bond acceptors (Lipinski definition) is 4. The average molecular weight is 245 g/mol. The van der Waals surface area contributed by atoms with Crippen molar-refractivity contribution in [1.82, 2.24) is 10.6 Å². The first kappa shape index (κ1) is 15.4. The van der Waals surface area contributed by atoms with Gasteiger partial charge < -0.3 is 21.5 Å². The number of carboxylic acid groups (broad SMARTS) is 1. The Morgan fingerprint density at radius 3 is 2.41 bits per heavy atom. The zero-order valence-electron chi connectivity index (χ0n) is 9.86. The molecule has 0 spiro atoms. The van der Waals surface area contributed by atoms with E-state index in [4.69, 9.17) is 10.8 Å². The quantitative estimate of drug-likeness (QED) is 0.401. The van der Waals surface area contributed by atoms with E-state index in [0.29, 0.717) is 19.4 Å². The molecule has 2 amide bonds. The predicted octanol–water partition coefficient (Wildman–Crippen LogP) is -1.18. The van der Waals surface area contributed by atoms with Crippen LogP contribution in [-0.4, -0.2) is 42.0 Å². The molecule has 0 unspecified atom stereocenters. The third-order valence-corrected chi connectivity index (χ3v) is 2.05. The fourth-order valence-electron chi connectivity index (χ4n) is 1.05. The van der Waals surface area contributed by atoms with Gasteiger partial charge in [0.05, 0.1) is 6.54 Å². The molecule has 0 aromatic rings. The van der Waals surface area contributed by atoms with Crippen LogP contribution in [-0.2, 0) is 14.4 Å². The van der Waals surface area contributed by atoms with E-state index in [-0.39, 0.29) is 12.5 Å². The van der Waals surface area contributed by atoms with Crippen LogP contribution in [0.25, 0.3) is 0 Å². The van der Waals surface area contributed by atoms with Crippen LogP contribution in [0.15, 0.2) is 0 Å². The molecule has 7 nitrogen and oxygen atoms in total. The van der Waals surface area contributed by atoms with E-state index in [1.807, 2.05) is 0 Å². The summed E-state index contributed by atoms with van der Waals surface area (Å²) in [6.07, 6.45) is 1.75. The van der Waals surface area contributed by atoms with Crippen LogP contribution in [0.5, 0.6) is 0 Å². The fourth-order valence-corrected chi connectivity index (χ4v) is 1.05. The van der Waals surface area contributed by atoms with Gasteiger partial charge in [0.25, 0.3) is 0 Å². The number of carboxylic acids is 1. The fraction of sp³-hybridized carbons (Fsp3) is 0.700. The van der Waals surface area contributed by atoms with Crippen molar-refractivity contribution >= 4 is 17.8 Å². The molecule has 0 saturated heterocycles. The SMILES string of the molecule is C[C@H](NC(=O)CNC(=O)CCCCN)C(=O)O. The summed E-state index contributed by atoms with van der Waals surface area (Å²) < 4.78 is 0. The predicted molar refractivity (Wildman–Crippen MR) is 61.2 cm³/mol. The summed E-state index contributed by atoms with van der Waals surface area (Å²) in [5.74, 6) is -1.88. The van der Waals surface area contributed by atoms with Crippen molar-refractivity contribution in [2.24, 2.45) is 5.73 Å². The van der Waals surface area contributed by atoms with Crippen molar-refractivity contribution in [1.29, 1.82) is 0 Å². The van der Waals surface area contributed by atoms with Gasteiger partial charge in [0.2, 0.25) is 11.8 Å². The molecule has 5 N–H and O–H groups in total. The zero-order chi connectivity index (χ0) is 13.3. The number of hydrogen-bond donors (Lipinski definition) is 4. The molecule has 0 radical (unpaired) electrons. The lowest BCUT2D eigenvalue weighted by Gasteiger charge is -2.09. The van der Waals surface area contributed by atoms with Gasteiger partial charge >= 0.3 is 5.97 Å². The molecule has 17 heavy (non-hydrogen) atoms. The second-order valence-electron chi connectivity index (χ2n) is 3.65. The van der Waals surface area contributed by atoms with Gasteiger partial charge in [-0.05, 0) is 26.3 Å². The summed E-state index contributed by atoms with van der Waals surface area (Å²) >= 11 is 0. The summed E-state index contributed by atoms with van der Waals surface area (Å²) in [7, 11) is 0. The maximum Gasteiger partial charge on any atom is 0.325 e. The molecule has 0 heterocycles. The van der Waals surface area contributed by atoms with E-state index in [0.717, 1.165) is 6.42 Å². The van der Waals surface area contributed by atoms with Crippen LogP contribution in [0, 0.1) is 0 Å². The molecule has 0 aliphatic heterocycles. The van der Waals surface area contributed by atoms with Crippen molar-refractivity contribution in [2.45, 2.75) is 32.2 Å². The molecular formula is C10H19N3O4. The summed E-state index contributed by atoms with van der Waals surface area (Å²) in [5, 5.41) is 13.2. The van der Waals surface area contributed by atoms with Crippen LogP contribution in [0.2, 0.25) is 0 Å². The molecule has 0 rings (SSSR count). The molecule has 1 atom stereocenters. The van der Waals surface area contributed by atoms with E-state index in [2.05, 4.69) is 10.6 Å². The van der Waals surface area contributed by atoms with Crippen LogP contribution >= 0.6 is 0 Å². The molecule has 0 aromatic heterocycles. The number of nitrogens with two attached hydrogens (primary N) is 1. The number of carbonyl (C=O) groups excluding carboxylic acids is 2. The Morgan fingerprint density at radius 2 is 1.88 bits per heavy atom. The summed E-state index contributed by atoms with van der Waals surface area (Å²) in [6, 6.07) is -0.961. The van der Waals surface area contributed by atoms with Gasteiger partial charge in [-0.2, -0.15) is 0 Å². The highest BCUT2D eigenvalue weighted by Gasteiger charge is 2.13. The molecule has 7 heteroatoms. The van der Waals surface area contributed by atoms with E-state index in [9.17, 15) is 14.4 Å². The minimum atomic E-state index is -1.12. The molecular weight excluding hydrogens is 226 g/mol. The molecule has 0 bridgehead atoms. The zero-order valence-corrected chi connectivity index (χ0v) is 9.86. The third kappa shape index (κ3) is 8.21. The normalized spacial score (nSPS) is 11.6. The minimum absolute atomic E-state index is 0.209. The van der Waals surface area contributed by atoms with E-state index in [1.165, 1.54) is 6.92 Å². The van der Waals surface area contributed by atoms with Crippen LogP contribution < -0.4 is 16.4 Å². The molecule has 0 aliphatic rings. The van der Waals surface area contributed by atoms with Crippen LogP contribution in [0.4, 0.5) is 0 Å². The standard InChI is InChI=1S/C10H19N3O4/c1-7(10(16)17)13-9(15)6-12-8(14)4-2-3-5-11/h7H,2-6,11H2,1H3,(H,12,14)(H,13,15)(H,16,17)/t7-/m0/s1.